The molecule has 3 unspecified atom stereocenters. The number of piperidine rings is 2. The minimum atomic E-state index is -4.69. The van der Waals surface area contributed by atoms with Crippen molar-refractivity contribution in [2.24, 2.45) is 13.0 Å². The van der Waals surface area contributed by atoms with Crippen LogP contribution in [0.1, 0.15) is 84.7 Å². The summed E-state index contributed by atoms with van der Waals surface area (Å²) in [5.74, 6) is -1.72. The molecular formula is C39H39ClF4N8O4. The molecule has 3 atom stereocenters. The Morgan fingerprint density at radius 3 is 2.52 bits per heavy atom. The summed E-state index contributed by atoms with van der Waals surface area (Å²) in [6.07, 6.45) is 0.579. The number of amides is 3. The predicted octanol–water partition coefficient (Wildman–Crippen LogP) is 6.55. The molecular weight excluding hydrogens is 756 g/mol. The maximum atomic E-state index is 16.1. The van der Waals surface area contributed by atoms with Crippen LogP contribution in [-0.4, -0.2) is 72.3 Å². The largest absolute Gasteiger partial charge is 0.433 e. The number of para-hydroxylation sites is 1. The third kappa shape index (κ3) is 7.20. The van der Waals surface area contributed by atoms with Crippen LogP contribution < -0.4 is 16.3 Å². The molecule has 3 aromatic heterocycles. The van der Waals surface area contributed by atoms with E-state index >= 15 is 4.39 Å². The number of hydrogen-bond donors (Lipinski definition) is 2. The van der Waals surface area contributed by atoms with Gasteiger partial charge in [-0.05, 0) is 86.9 Å². The van der Waals surface area contributed by atoms with E-state index in [1.807, 2.05) is 16.9 Å². The molecule has 2 N–H and O–H groups in total. The Labute approximate surface area is 322 Å². The van der Waals surface area contributed by atoms with Gasteiger partial charge in [0.25, 0.3) is 5.91 Å². The van der Waals surface area contributed by atoms with Gasteiger partial charge in [-0.1, -0.05) is 29.8 Å². The molecule has 3 fully saturated rings. The molecule has 1 saturated carbocycles. The van der Waals surface area contributed by atoms with Gasteiger partial charge in [-0.3, -0.25) is 33.5 Å². The molecule has 56 heavy (non-hydrogen) atoms. The number of aryl methyl sites for hydroxylation is 1. The smallest absolute Gasteiger partial charge is 0.319 e. The first-order valence-corrected chi connectivity index (χ1v) is 19.1. The lowest BCUT2D eigenvalue weighted by Gasteiger charge is -2.38. The van der Waals surface area contributed by atoms with Gasteiger partial charge >= 0.3 is 11.9 Å². The van der Waals surface area contributed by atoms with Gasteiger partial charge in [-0.2, -0.15) is 18.3 Å². The monoisotopic (exact) mass is 794 g/mol. The number of carbonyl (C=O) groups excluding carboxylic acids is 3. The second kappa shape index (κ2) is 14.8. The van der Waals surface area contributed by atoms with Crippen LogP contribution in [0.25, 0.3) is 21.9 Å². The van der Waals surface area contributed by atoms with Crippen molar-refractivity contribution in [3.8, 4) is 0 Å². The summed E-state index contributed by atoms with van der Waals surface area (Å²) in [6, 6.07) is 11.1. The average molecular weight is 795 g/mol. The number of nitrogens with zero attached hydrogens (tertiary/aromatic N) is 6. The summed E-state index contributed by atoms with van der Waals surface area (Å²) >= 11 is 6.44. The van der Waals surface area contributed by atoms with Gasteiger partial charge in [0.1, 0.15) is 23.6 Å². The van der Waals surface area contributed by atoms with E-state index in [1.54, 1.807) is 31.3 Å². The van der Waals surface area contributed by atoms with Crippen LogP contribution in [0.5, 0.6) is 0 Å². The van der Waals surface area contributed by atoms with Crippen molar-refractivity contribution in [2.45, 2.75) is 75.3 Å². The zero-order chi connectivity index (χ0) is 39.5. The summed E-state index contributed by atoms with van der Waals surface area (Å²) in [6.45, 7) is 1.75. The van der Waals surface area contributed by atoms with Crippen LogP contribution in [-0.2, 0) is 22.8 Å². The summed E-state index contributed by atoms with van der Waals surface area (Å²) in [5, 5.41) is 10.5. The Bertz CT molecular complexity index is 2420. The molecule has 0 radical (unpaired) electrons. The Kier molecular flexibility index (Phi) is 9.97. The van der Waals surface area contributed by atoms with E-state index in [1.165, 1.54) is 15.2 Å². The second-order valence-electron chi connectivity index (χ2n) is 15.1. The lowest BCUT2D eigenvalue weighted by Crippen LogP contribution is -2.44. The van der Waals surface area contributed by atoms with Crippen molar-refractivity contribution in [2.75, 3.05) is 25.0 Å². The van der Waals surface area contributed by atoms with Crippen molar-refractivity contribution in [3.05, 3.63) is 87.2 Å². The number of nitrogens with one attached hydrogen (secondary N) is 2. The van der Waals surface area contributed by atoms with Crippen LogP contribution in [0.3, 0.4) is 0 Å². The molecule has 12 nitrogen and oxygen atoms in total. The number of alkyl halides is 4. The number of aromatic nitrogens is 5. The zero-order valence-corrected chi connectivity index (χ0v) is 31.1. The highest BCUT2D eigenvalue weighted by atomic mass is 35.5. The van der Waals surface area contributed by atoms with E-state index in [4.69, 9.17) is 16.7 Å². The van der Waals surface area contributed by atoms with Crippen LogP contribution in [0.4, 0.5) is 23.2 Å². The first-order valence-electron chi connectivity index (χ1n) is 18.7. The molecule has 3 aliphatic rings. The third-order valence-corrected chi connectivity index (χ3v) is 11.8. The number of likely N-dealkylation sites (tertiary alicyclic amines) is 1. The van der Waals surface area contributed by atoms with Gasteiger partial charge in [0.2, 0.25) is 11.8 Å². The molecule has 5 heterocycles. The fraction of sp³-hybridized carbons (Fsp3) is 0.436. The normalized spacial score (nSPS) is 23.8. The highest BCUT2D eigenvalue weighted by Gasteiger charge is 2.37. The maximum Gasteiger partial charge on any atom is 0.433 e. The summed E-state index contributed by atoms with van der Waals surface area (Å²) in [5.41, 5.74) is 0.837. The second-order valence-corrected chi connectivity index (χ2v) is 15.5. The van der Waals surface area contributed by atoms with E-state index < -0.39 is 41.8 Å². The van der Waals surface area contributed by atoms with E-state index in [0.29, 0.717) is 40.8 Å². The van der Waals surface area contributed by atoms with Gasteiger partial charge in [0, 0.05) is 44.1 Å². The molecule has 5 aromatic rings. The number of rotatable bonds is 7. The molecule has 17 heteroatoms. The van der Waals surface area contributed by atoms with E-state index in [-0.39, 0.29) is 53.4 Å². The molecule has 2 aliphatic heterocycles. The molecule has 3 amide bonds. The standard InChI is InChI=1S/C39H39ClF4N8O4/c1-49-35-25(4-2-6-31(35)52(38(49)56)32-12-13-34(53)47-37(32)55)24-14-15-50(20-27(24)41)18-21-8-10-23(11-9-21)51-19-22-16-30(26(40)17-29(22)48-51)46-36(54)28-5-3-7-33(45-28)39(42,43)44/h2-7,16-17,19,21,23-24,27,32H,8-15,18,20H2,1H3,(H,46,54)(H,47,53,55)/t21-,23-,24?,27?,32?. The van der Waals surface area contributed by atoms with Gasteiger partial charge in [-0.25, -0.2) is 14.2 Å². The molecule has 294 valence electrons. The minimum absolute atomic E-state index is 0.129. The first-order chi connectivity index (χ1) is 26.7. The molecule has 0 spiro atoms. The molecule has 1 aliphatic carbocycles. The van der Waals surface area contributed by atoms with Crippen LogP contribution >= 0.6 is 11.6 Å². The molecule has 2 saturated heterocycles. The number of carbonyl (C=O) groups is 3. The SMILES string of the molecule is Cn1c(=O)n(C2CCC(=O)NC2=O)c2cccc(C3CCN(C[C@H]4CC[C@H](n5cc6cc(NC(=O)c7cccc(C(F)(F)F)n7)c(Cl)cc6n5)CC4)CC3F)c21. The van der Waals surface area contributed by atoms with Crippen molar-refractivity contribution >= 4 is 56.9 Å². The zero-order valence-electron chi connectivity index (χ0n) is 30.4. The van der Waals surface area contributed by atoms with Crippen LogP contribution in [0.15, 0.2) is 59.5 Å². The summed E-state index contributed by atoms with van der Waals surface area (Å²) < 4.78 is 60.3. The lowest BCUT2D eigenvalue weighted by atomic mass is 9.83. The number of anilines is 1. The minimum Gasteiger partial charge on any atom is -0.319 e. The Morgan fingerprint density at radius 2 is 1.79 bits per heavy atom. The van der Waals surface area contributed by atoms with Crippen LogP contribution in [0.2, 0.25) is 5.02 Å². The Balaban J connectivity index is 0.884. The summed E-state index contributed by atoms with van der Waals surface area (Å²) in [7, 11) is 1.64. The number of halogens is 5. The van der Waals surface area contributed by atoms with Gasteiger partial charge < -0.3 is 10.2 Å². The lowest BCUT2D eigenvalue weighted by molar-refractivity contribution is -0.141. The van der Waals surface area contributed by atoms with E-state index in [2.05, 4.69) is 20.5 Å². The summed E-state index contributed by atoms with van der Waals surface area (Å²) in [4.78, 5) is 56.2. The molecule has 0 bridgehead atoms. The van der Waals surface area contributed by atoms with Crippen molar-refractivity contribution in [1.29, 1.82) is 0 Å². The highest BCUT2D eigenvalue weighted by Crippen LogP contribution is 2.39. The predicted molar refractivity (Wildman–Crippen MR) is 200 cm³/mol. The Hall–Kier alpha value is -5.09. The van der Waals surface area contributed by atoms with E-state index in [0.717, 1.165) is 49.9 Å². The first kappa shape index (κ1) is 37.8. The Morgan fingerprint density at radius 1 is 1.02 bits per heavy atom. The number of imidazole rings is 1. The van der Waals surface area contributed by atoms with E-state index in [9.17, 15) is 32.3 Å². The fourth-order valence-electron chi connectivity index (χ4n) is 8.69. The topological polar surface area (TPSA) is 136 Å². The van der Waals surface area contributed by atoms with Crippen molar-refractivity contribution < 1.29 is 31.9 Å². The molecule has 2 aromatic carbocycles. The number of fused-ring (bicyclic) bond motifs is 2. The quantitative estimate of drug-likeness (QED) is 0.141. The third-order valence-electron chi connectivity index (χ3n) is 11.5. The average Bonchev–Trinajstić information content (AvgIpc) is 3.69. The number of hydrogen-bond acceptors (Lipinski definition) is 7. The van der Waals surface area contributed by atoms with Crippen molar-refractivity contribution in [1.82, 2.24) is 34.1 Å². The van der Waals surface area contributed by atoms with Crippen molar-refractivity contribution in [3.63, 3.8) is 0 Å². The van der Waals surface area contributed by atoms with Crippen LogP contribution in [0, 0.1) is 5.92 Å². The van der Waals surface area contributed by atoms with Gasteiger partial charge in [0.05, 0.1) is 33.3 Å². The fourth-order valence-corrected chi connectivity index (χ4v) is 8.90. The number of imide groups is 1. The van der Waals surface area contributed by atoms with Gasteiger partial charge in [-0.15, -0.1) is 0 Å². The molecule has 8 rings (SSSR count). The maximum absolute atomic E-state index is 16.1. The number of benzene rings is 2. The van der Waals surface area contributed by atoms with Gasteiger partial charge in [0.15, 0.2) is 0 Å². The highest BCUT2D eigenvalue weighted by molar-refractivity contribution is 6.34. The number of pyridine rings is 1.